The van der Waals surface area contributed by atoms with Gasteiger partial charge in [0.05, 0.1) is 6.54 Å². The Morgan fingerprint density at radius 1 is 1.35 bits per heavy atom. The zero-order valence-corrected chi connectivity index (χ0v) is 12.7. The third-order valence-electron chi connectivity index (χ3n) is 3.69. The molecule has 1 N–H and O–H groups in total. The number of amides is 1. The fourth-order valence-electron chi connectivity index (χ4n) is 2.60. The van der Waals surface area contributed by atoms with Crippen LogP contribution in [0, 0.1) is 0 Å². The fraction of sp³-hybridized carbons (Fsp3) is 0.467. The number of rotatable bonds is 6. The average Bonchev–Trinajstić information content (AvgIpc) is 2.90. The standard InChI is InChI=1S/C15H19F3N4O/c1-3-6-22(7-4-2)13(23)10-21-8-5-12-11(9-21)14(20-19-12)15(16,17)18/h3-4H,1-2,5-10H2,(H,19,20). The highest BCUT2D eigenvalue weighted by molar-refractivity contribution is 5.78. The molecule has 2 rings (SSSR count). The molecule has 0 aromatic carbocycles. The molecule has 0 saturated heterocycles. The van der Waals surface area contributed by atoms with E-state index < -0.39 is 11.9 Å². The van der Waals surface area contributed by atoms with Crippen molar-refractivity contribution in [1.29, 1.82) is 0 Å². The summed E-state index contributed by atoms with van der Waals surface area (Å²) in [5.74, 6) is -0.162. The second kappa shape index (κ2) is 6.99. The molecule has 5 nitrogen and oxygen atoms in total. The Labute approximate surface area is 132 Å². The minimum Gasteiger partial charge on any atom is -0.334 e. The van der Waals surface area contributed by atoms with E-state index in [1.54, 1.807) is 22.0 Å². The van der Waals surface area contributed by atoms with Crippen LogP contribution in [-0.4, -0.2) is 52.1 Å². The van der Waals surface area contributed by atoms with Crippen LogP contribution in [0.25, 0.3) is 0 Å². The molecule has 1 aromatic rings. The van der Waals surface area contributed by atoms with Gasteiger partial charge in [-0.3, -0.25) is 14.8 Å². The lowest BCUT2D eigenvalue weighted by atomic mass is 10.1. The summed E-state index contributed by atoms with van der Waals surface area (Å²) in [6, 6.07) is 0. The van der Waals surface area contributed by atoms with Gasteiger partial charge in [-0.1, -0.05) is 12.2 Å². The van der Waals surface area contributed by atoms with E-state index in [9.17, 15) is 18.0 Å². The molecule has 1 aliphatic heterocycles. The first kappa shape index (κ1) is 17.3. The Morgan fingerprint density at radius 2 is 2.00 bits per heavy atom. The molecule has 1 amide bonds. The highest BCUT2D eigenvalue weighted by Crippen LogP contribution is 2.33. The molecule has 1 aliphatic rings. The maximum absolute atomic E-state index is 12.9. The summed E-state index contributed by atoms with van der Waals surface area (Å²) in [5.41, 5.74) is -0.260. The third kappa shape index (κ3) is 4.01. The van der Waals surface area contributed by atoms with Crippen LogP contribution in [-0.2, 0) is 23.9 Å². The second-order valence-electron chi connectivity index (χ2n) is 5.36. The van der Waals surface area contributed by atoms with Gasteiger partial charge < -0.3 is 4.90 Å². The van der Waals surface area contributed by atoms with Crippen molar-refractivity contribution >= 4 is 5.91 Å². The zero-order chi connectivity index (χ0) is 17.0. The van der Waals surface area contributed by atoms with Crippen LogP contribution >= 0.6 is 0 Å². The van der Waals surface area contributed by atoms with Gasteiger partial charge in [0, 0.05) is 43.9 Å². The minimum atomic E-state index is -4.49. The molecule has 0 fully saturated rings. The highest BCUT2D eigenvalue weighted by Gasteiger charge is 2.39. The number of fused-ring (bicyclic) bond motifs is 1. The summed E-state index contributed by atoms with van der Waals surface area (Å²) in [6.45, 7) is 8.57. The van der Waals surface area contributed by atoms with Gasteiger partial charge in [-0.25, -0.2) is 0 Å². The van der Waals surface area contributed by atoms with Gasteiger partial charge in [0.25, 0.3) is 0 Å². The molecule has 2 heterocycles. The number of aromatic nitrogens is 2. The van der Waals surface area contributed by atoms with E-state index in [1.807, 2.05) is 0 Å². The predicted octanol–water partition coefficient (Wildman–Crippen LogP) is 1.99. The van der Waals surface area contributed by atoms with Gasteiger partial charge in [0.2, 0.25) is 5.91 Å². The quantitative estimate of drug-likeness (QED) is 0.813. The molecular weight excluding hydrogens is 309 g/mol. The van der Waals surface area contributed by atoms with Gasteiger partial charge in [0.1, 0.15) is 0 Å². The second-order valence-corrected chi connectivity index (χ2v) is 5.36. The minimum absolute atomic E-state index is 0.0580. The Morgan fingerprint density at radius 3 is 2.57 bits per heavy atom. The normalized spacial score (nSPS) is 15.1. The molecule has 23 heavy (non-hydrogen) atoms. The van der Waals surface area contributed by atoms with Gasteiger partial charge in [-0.15, -0.1) is 13.2 Å². The van der Waals surface area contributed by atoms with E-state index >= 15 is 0 Å². The Hall–Kier alpha value is -2.09. The zero-order valence-electron chi connectivity index (χ0n) is 12.7. The highest BCUT2D eigenvalue weighted by atomic mass is 19.4. The van der Waals surface area contributed by atoms with E-state index in [0.717, 1.165) is 0 Å². The van der Waals surface area contributed by atoms with Crippen molar-refractivity contribution in [2.75, 3.05) is 26.2 Å². The van der Waals surface area contributed by atoms with Crippen LogP contribution in [0.15, 0.2) is 25.3 Å². The van der Waals surface area contributed by atoms with Crippen LogP contribution in [0.4, 0.5) is 13.2 Å². The van der Waals surface area contributed by atoms with Crippen molar-refractivity contribution in [3.05, 3.63) is 42.3 Å². The SMILES string of the molecule is C=CCN(CC=C)C(=O)CN1CCc2[nH]nc(C(F)(F)F)c2C1. The smallest absolute Gasteiger partial charge is 0.334 e. The number of alkyl halides is 3. The maximum atomic E-state index is 12.9. The molecule has 0 saturated carbocycles. The number of carbonyl (C=O) groups is 1. The molecule has 0 spiro atoms. The molecule has 126 valence electrons. The van der Waals surface area contributed by atoms with E-state index in [1.165, 1.54) is 0 Å². The number of hydrogen-bond donors (Lipinski definition) is 1. The summed E-state index contributed by atoms with van der Waals surface area (Å²) in [6.07, 6.45) is -0.871. The van der Waals surface area contributed by atoms with Crippen molar-refractivity contribution < 1.29 is 18.0 Å². The Balaban J connectivity index is 2.07. The average molecular weight is 328 g/mol. The lowest BCUT2D eigenvalue weighted by molar-refractivity contribution is -0.142. The van der Waals surface area contributed by atoms with Crippen molar-refractivity contribution in [2.24, 2.45) is 0 Å². The van der Waals surface area contributed by atoms with Gasteiger partial charge in [0.15, 0.2) is 5.69 Å². The molecule has 0 atom stereocenters. The van der Waals surface area contributed by atoms with Crippen molar-refractivity contribution in [3.63, 3.8) is 0 Å². The Bertz CT molecular complexity index is 584. The summed E-state index contributed by atoms with van der Waals surface area (Å²) >= 11 is 0. The monoisotopic (exact) mass is 328 g/mol. The number of nitrogens with one attached hydrogen (secondary N) is 1. The maximum Gasteiger partial charge on any atom is 0.435 e. The first-order chi connectivity index (χ1) is 10.9. The number of hydrogen-bond acceptors (Lipinski definition) is 3. The summed E-state index contributed by atoms with van der Waals surface area (Å²) in [5, 5.41) is 5.83. The number of carbonyl (C=O) groups excluding carboxylic acids is 1. The van der Waals surface area contributed by atoms with Crippen LogP contribution in [0.5, 0.6) is 0 Å². The summed E-state index contributed by atoms with van der Waals surface area (Å²) in [4.78, 5) is 15.5. The van der Waals surface area contributed by atoms with E-state index in [2.05, 4.69) is 23.4 Å². The first-order valence-corrected chi connectivity index (χ1v) is 7.22. The molecule has 8 heteroatoms. The van der Waals surface area contributed by atoms with E-state index in [0.29, 0.717) is 31.7 Å². The fourth-order valence-corrected chi connectivity index (χ4v) is 2.60. The summed E-state index contributed by atoms with van der Waals surface area (Å²) in [7, 11) is 0. The number of H-pyrrole nitrogens is 1. The van der Waals surface area contributed by atoms with Gasteiger partial charge in [-0.2, -0.15) is 18.3 Å². The number of aromatic amines is 1. The van der Waals surface area contributed by atoms with E-state index in [4.69, 9.17) is 0 Å². The molecule has 1 aromatic heterocycles. The number of halogens is 3. The lowest BCUT2D eigenvalue weighted by Gasteiger charge is -2.29. The van der Waals surface area contributed by atoms with Crippen molar-refractivity contribution in [1.82, 2.24) is 20.0 Å². The lowest BCUT2D eigenvalue weighted by Crippen LogP contribution is -2.42. The van der Waals surface area contributed by atoms with Crippen LogP contribution in [0.1, 0.15) is 17.0 Å². The summed E-state index contributed by atoms with van der Waals surface area (Å²) < 4.78 is 38.8. The molecule has 0 aliphatic carbocycles. The van der Waals surface area contributed by atoms with Crippen molar-refractivity contribution in [2.45, 2.75) is 19.1 Å². The van der Waals surface area contributed by atoms with Crippen LogP contribution in [0.3, 0.4) is 0 Å². The Kier molecular flexibility index (Phi) is 5.25. The molecular formula is C15H19F3N4O. The number of nitrogens with zero attached hydrogens (tertiary/aromatic N) is 3. The van der Waals surface area contributed by atoms with E-state index in [-0.39, 0.29) is 24.6 Å². The molecule has 0 radical (unpaired) electrons. The molecule has 0 bridgehead atoms. The van der Waals surface area contributed by atoms with Gasteiger partial charge >= 0.3 is 6.18 Å². The third-order valence-corrected chi connectivity index (χ3v) is 3.69. The first-order valence-electron chi connectivity index (χ1n) is 7.22. The van der Waals surface area contributed by atoms with Crippen molar-refractivity contribution in [3.8, 4) is 0 Å². The molecule has 0 unspecified atom stereocenters. The van der Waals surface area contributed by atoms with Crippen LogP contribution < -0.4 is 0 Å². The van der Waals surface area contributed by atoms with Crippen LogP contribution in [0.2, 0.25) is 0 Å². The predicted molar refractivity (Wildman–Crippen MR) is 79.5 cm³/mol. The largest absolute Gasteiger partial charge is 0.435 e. The topological polar surface area (TPSA) is 52.2 Å². The van der Waals surface area contributed by atoms with Gasteiger partial charge in [-0.05, 0) is 0 Å².